The monoisotopic (exact) mass is 842 g/mol. The van der Waals surface area contributed by atoms with Gasteiger partial charge in [0, 0.05) is 43.3 Å². The lowest BCUT2D eigenvalue weighted by Gasteiger charge is -2.39. The number of nitrogen functional groups attached to an aromatic ring is 1. The van der Waals surface area contributed by atoms with E-state index in [1.54, 1.807) is 12.3 Å². The van der Waals surface area contributed by atoms with Crippen LogP contribution in [0.15, 0.2) is 72.9 Å². The minimum atomic E-state index is -0.889. The average Bonchev–Trinajstić information content (AvgIpc) is 3.32. The van der Waals surface area contributed by atoms with Crippen LogP contribution in [-0.2, 0) is 16.0 Å². The lowest BCUT2D eigenvalue weighted by atomic mass is 9.73. The van der Waals surface area contributed by atoms with Gasteiger partial charge in [0.2, 0.25) is 0 Å². The zero-order chi connectivity index (χ0) is 43.8. The molecule has 0 unspecified atom stereocenters. The van der Waals surface area contributed by atoms with Crippen molar-refractivity contribution >= 4 is 28.2 Å². The van der Waals surface area contributed by atoms with Gasteiger partial charge in [-0.2, -0.15) is 0 Å². The number of phenolic OH excluding ortho intramolecular Hbond substituents is 1. The number of aliphatic hydroxyl groups is 2. The molecule has 1 aromatic heterocycles. The molecule has 9 atom stereocenters. The number of carbonyl (C=O) groups is 2. The van der Waals surface area contributed by atoms with E-state index >= 15 is 0 Å². The molecule has 0 bridgehead atoms. The van der Waals surface area contributed by atoms with Gasteiger partial charge < -0.3 is 31.1 Å². The van der Waals surface area contributed by atoms with Crippen LogP contribution in [0.2, 0.25) is 0 Å². The zero-order valence-corrected chi connectivity index (χ0v) is 36.9. The molecular formula is C53H67N3O6. The Morgan fingerprint density at radius 3 is 2.48 bits per heavy atom. The van der Waals surface area contributed by atoms with Crippen molar-refractivity contribution in [2.75, 3.05) is 19.4 Å². The van der Waals surface area contributed by atoms with E-state index in [9.17, 15) is 24.9 Å². The van der Waals surface area contributed by atoms with Gasteiger partial charge in [0.15, 0.2) is 17.3 Å². The number of nitrogens with one attached hydrogen (secondary N) is 1. The van der Waals surface area contributed by atoms with Crippen LogP contribution in [0.25, 0.3) is 10.8 Å². The fourth-order valence-electron chi connectivity index (χ4n) is 10.6. The van der Waals surface area contributed by atoms with E-state index < -0.39 is 24.0 Å². The predicted molar refractivity (Wildman–Crippen MR) is 246 cm³/mol. The summed E-state index contributed by atoms with van der Waals surface area (Å²) in [6.45, 7) is 5.35. The molecule has 9 heteroatoms. The second kappa shape index (κ2) is 21.1. The van der Waals surface area contributed by atoms with E-state index in [0.29, 0.717) is 79.7 Å². The summed E-state index contributed by atoms with van der Waals surface area (Å²) in [4.78, 5) is 30.1. The molecule has 330 valence electrons. The number of benzene rings is 3. The lowest BCUT2D eigenvalue weighted by molar-refractivity contribution is -0.124. The summed E-state index contributed by atoms with van der Waals surface area (Å²) in [6, 6.07) is 22.6. The maximum atomic E-state index is 13.8. The number of aromatic hydroxyl groups is 1. The second-order valence-corrected chi connectivity index (χ2v) is 18.9. The Bertz CT molecular complexity index is 2230. The smallest absolute Gasteiger partial charge is 0.160 e. The first-order valence-corrected chi connectivity index (χ1v) is 23.2. The highest BCUT2D eigenvalue weighted by Gasteiger charge is 2.36. The predicted octanol–water partition coefficient (Wildman–Crippen LogP) is 9.04. The molecule has 9 nitrogen and oxygen atoms in total. The third-order valence-corrected chi connectivity index (χ3v) is 14.1. The highest BCUT2D eigenvalue weighted by molar-refractivity contribution is 5.85. The summed E-state index contributed by atoms with van der Waals surface area (Å²) in [5, 5.41) is 41.0. The largest absolute Gasteiger partial charge is 0.504 e. The normalized spacial score (nSPS) is 23.5. The molecule has 0 radical (unpaired) electrons. The SMILES string of the molecule is COc1cc2c(cc1O)[C@H](CC[C@H](O)[C@H](CCC(C)C)[C@H](c1ccnc(N)c1)c1ccc3ccccc3c1)C#C[C@H]([C@H](O)CCCC[C@@H]1CN[C@@H]3CC(=O)CC[C@@H]3C1)C(=O)CC2. The van der Waals surface area contributed by atoms with E-state index in [0.717, 1.165) is 84.5 Å². The molecule has 7 rings (SSSR count). The lowest BCUT2D eigenvalue weighted by Crippen LogP contribution is -2.48. The van der Waals surface area contributed by atoms with Crippen LogP contribution in [0.3, 0.4) is 0 Å². The van der Waals surface area contributed by atoms with Gasteiger partial charge in [-0.1, -0.05) is 87.4 Å². The van der Waals surface area contributed by atoms with Gasteiger partial charge in [-0.3, -0.25) is 9.59 Å². The standard InChI is InChI=1S/C53H67N3O6/c1-33(2)12-20-44(53(41-24-25-55-52(54)29-41)40-14-13-35-9-5-6-10-37(35)27-40)49(60)22-17-36-16-21-43(48(59)23-18-38-28-51(62-3)50(61)31-45(36)38)47(58)11-7-4-8-34-26-39-15-19-42(57)30-46(39)56-32-34/h5-6,9-10,13-14,24-25,27-29,31,33-34,36,39,43-44,46-47,49,53,56,58,60-61H,4,7-8,11-12,15,17-20,22-23,26,30,32H2,1-3H3,(H2,54,55)/t34-,36-,39+,43+,44-,46+,47+,49-,53-/m0/s1. The molecule has 62 heavy (non-hydrogen) atoms. The molecule has 2 aliphatic carbocycles. The highest BCUT2D eigenvalue weighted by atomic mass is 16.5. The average molecular weight is 842 g/mol. The minimum Gasteiger partial charge on any atom is -0.504 e. The molecule has 2 fully saturated rings. The minimum absolute atomic E-state index is 0.00266. The molecule has 3 aromatic carbocycles. The maximum Gasteiger partial charge on any atom is 0.160 e. The Hall–Kier alpha value is -4.75. The first-order chi connectivity index (χ1) is 30.0. The summed E-state index contributed by atoms with van der Waals surface area (Å²) in [5.41, 5.74) is 10.1. The summed E-state index contributed by atoms with van der Waals surface area (Å²) >= 11 is 0. The number of carbonyl (C=O) groups excluding carboxylic acids is 2. The van der Waals surface area contributed by atoms with Crippen molar-refractivity contribution in [2.24, 2.45) is 29.6 Å². The summed E-state index contributed by atoms with van der Waals surface area (Å²) in [7, 11) is 1.51. The number of nitrogens with two attached hydrogens (primary N) is 1. The first-order valence-electron chi connectivity index (χ1n) is 23.2. The van der Waals surface area contributed by atoms with Gasteiger partial charge in [-0.15, -0.1) is 0 Å². The van der Waals surface area contributed by atoms with E-state index in [1.807, 2.05) is 30.3 Å². The number of phenols is 1. The van der Waals surface area contributed by atoms with Crippen LogP contribution in [0.4, 0.5) is 5.82 Å². The van der Waals surface area contributed by atoms with Gasteiger partial charge in [0.1, 0.15) is 17.5 Å². The summed E-state index contributed by atoms with van der Waals surface area (Å²) in [6.07, 6.45) is 10.2. The molecule has 6 N–H and O–H groups in total. The molecule has 2 heterocycles. The third-order valence-electron chi connectivity index (χ3n) is 14.1. The molecule has 1 aliphatic heterocycles. The molecule has 3 aliphatic rings. The molecule has 0 spiro atoms. The topological polar surface area (TPSA) is 155 Å². The maximum absolute atomic E-state index is 13.8. The van der Waals surface area contributed by atoms with Gasteiger partial charge in [0.05, 0.1) is 19.3 Å². The number of nitrogens with zero attached hydrogens (tertiary/aromatic N) is 1. The van der Waals surface area contributed by atoms with Crippen molar-refractivity contribution in [2.45, 2.75) is 134 Å². The number of hydrogen-bond donors (Lipinski definition) is 5. The number of ketones is 2. The number of unbranched alkanes of at least 4 members (excludes halogenated alkanes) is 1. The number of aliphatic hydroxyl groups excluding tert-OH is 2. The Labute approximate surface area is 368 Å². The van der Waals surface area contributed by atoms with Crippen molar-refractivity contribution in [1.29, 1.82) is 0 Å². The number of pyridine rings is 1. The number of piperidine rings is 1. The number of rotatable bonds is 17. The zero-order valence-electron chi connectivity index (χ0n) is 36.9. The van der Waals surface area contributed by atoms with Crippen molar-refractivity contribution in [1.82, 2.24) is 10.3 Å². The number of methoxy groups -OCH3 is 1. The number of Topliss-reactive ketones (excluding diaryl/α,β-unsaturated/α-hetero) is 2. The van der Waals surface area contributed by atoms with E-state index in [2.05, 4.69) is 66.3 Å². The number of anilines is 1. The Morgan fingerprint density at radius 2 is 1.69 bits per heavy atom. The van der Waals surface area contributed by atoms with Crippen LogP contribution in [-0.4, -0.2) is 63.8 Å². The van der Waals surface area contributed by atoms with Crippen molar-refractivity contribution in [3.8, 4) is 23.3 Å². The van der Waals surface area contributed by atoms with Crippen molar-refractivity contribution < 1.29 is 29.6 Å². The molecule has 1 saturated heterocycles. The Balaban J connectivity index is 1.11. The molecule has 4 aromatic rings. The molecular weight excluding hydrogens is 775 g/mol. The number of aromatic nitrogens is 1. The Morgan fingerprint density at radius 1 is 0.887 bits per heavy atom. The van der Waals surface area contributed by atoms with Gasteiger partial charge in [-0.25, -0.2) is 4.98 Å². The van der Waals surface area contributed by atoms with Crippen molar-refractivity contribution in [3.05, 3.63) is 95.2 Å². The van der Waals surface area contributed by atoms with Crippen LogP contribution < -0.4 is 15.8 Å². The van der Waals surface area contributed by atoms with Gasteiger partial charge >= 0.3 is 0 Å². The Kier molecular flexibility index (Phi) is 15.4. The van der Waals surface area contributed by atoms with Gasteiger partial charge in [-0.05, 0) is 139 Å². The van der Waals surface area contributed by atoms with Crippen LogP contribution in [0, 0.1) is 41.4 Å². The van der Waals surface area contributed by atoms with Crippen LogP contribution in [0.5, 0.6) is 11.5 Å². The summed E-state index contributed by atoms with van der Waals surface area (Å²) < 4.78 is 5.50. The van der Waals surface area contributed by atoms with Crippen LogP contribution >= 0.6 is 0 Å². The second-order valence-electron chi connectivity index (χ2n) is 18.9. The fraction of sp³-hybridized carbons (Fsp3) is 0.528. The number of ether oxygens (including phenoxy) is 1. The molecule has 1 saturated carbocycles. The number of fused-ring (bicyclic) bond motifs is 3. The number of hydrogen-bond acceptors (Lipinski definition) is 9. The van der Waals surface area contributed by atoms with Crippen LogP contribution in [0.1, 0.15) is 131 Å². The molecule has 0 amide bonds. The summed E-state index contributed by atoms with van der Waals surface area (Å²) in [5.74, 6) is 7.77. The quantitative estimate of drug-likeness (QED) is 0.0518. The third kappa shape index (κ3) is 11.2. The number of aryl methyl sites for hydroxylation is 1. The first kappa shape index (κ1) is 45.3. The van der Waals surface area contributed by atoms with Crippen molar-refractivity contribution in [3.63, 3.8) is 0 Å². The van der Waals surface area contributed by atoms with E-state index in [-0.39, 0.29) is 29.8 Å². The van der Waals surface area contributed by atoms with Gasteiger partial charge in [0.25, 0.3) is 0 Å². The van der Waals surface area contributed by atoms with E-state index in [4.69, 9.17) is 10.5 Å². The highest BCUT2D eigenvalue weighted by Crippen LogP contribution is 2.42. The van der Waals surface area contributed by atoms with E-state index in [1.165, 1.54) is 7.11 Å². The fourth-order valence-corrected chi connectivity index (χ4v) is 10.6.